The minimum atomic E-state index is -0.853. The second-order valence-corrected chi connectivity index (χ2v) is 3.67. The maximum absolute atomic E-state index is 13.7. The summed E-state index contributed by atoms with van der Waals surface area (Å²) in [4.78, 5) is 4.14. The molecule has 2 heterocycles. The van der Waals surface area contributed by atoms with Crippen LogP contribution in [0.1, 0.15) is 0 Å². The molecule has 2 nitrogen and oxygen atoms in total. The molecule has 0 saturated heterocycles. The number of imidazole rings is 1. The number of nitrogens with zero attached hydrogens (tertiary/aromatic N) is 2. The first-order valence-electron chi connectivity index (χ1n) is 5.14. The van der Waals surface area contributed by atoms with Crippen molar-refractivity contribution in [3.63, 3.8) is 0 Å². The van der Waals surface area contributed by atoms with Crippen LogP contribution in [-0.2, 0) is 0 Å². The molecule has 0 saturated carbocycles. The molecule has 0 radical (unpaired) electrons. The van der Waals surface area contributed by atoms with Gasteiger partial charge in [0.25, 0.3) is 0 Å². The predicted octanol–water partition coefficient (Wildman–Crippen LogP) is 3.28. The smallest absolute Gasteiger partial charge is 0.168 e. The van der Waals surface area contributed by atoms with Crippen LogP contribution in [0.15, 0.2) is 48.8 Å². The lowest BCUT2D eigenvalue weighted by Crippen LogP contribution is -1.92. The lowest BCUT2D eigenvalue weighted by Gasteiger charge is -2.03. The zero-order chi connectivity index (χ0) is 11.8. The average molecular weight is 230 g/mol. The number of aromatic nitrogens is 2. The second kappa shape index (κ2) is 3.66. The highest BCUT2D eigenvalue weighted by Gasteiger charge is 2.12. The van der Waals surface area contributed by atoms with Gasteiger partial charge >= 0.3 is 0 Å². The highest BCUT2D eigenvalue weighted by Crippen LogP contribution is 2.24. The topological polar surface area (TPSA) is 17.3 Å². The summed E-state index contributed by atoms with van der Waals surface area (Å²) in [5, 5.41) is 0. The van der Waals surface area contributed by atoms with Crippen molar-refractivity contribution in [2.24, 2.45) is 0 Å². The van der Waals surface area contributed by atoms with Crippen molar-refractivity contribution < 1.29 is 8.78 Å². The van der Waals surface area contributed by atoms with Crippen LogP contribution in [0.4, 0.5) is 8.78 Å². The van der Waals surface area contributed by atoms with Gasteiger partial charge in [-0.3, -0.25) is 4.40 Å². The summed E-state index contributed by atoms with van der Waals surface area (Å²) < 4.78 is 28.6. The van der Waals surface area contributed by atoms with Gasteiger partial charge in [0, 0.05) is 11.8 Å². The van der Waals surface area contributed by atoms with Crippen LogP contribution in [0.5, 0.6) is 0 Å². The molecule has 0 fully saturated rings. The van der Waals surface area contributed by atoms with Crippen molar-refractivity contribution >= 4 is 5.65 Å². The van der Waals surface area contributed by atoms with Crippen LogP contribution >= 0.6 is 0 Å². The fraction of sp³-hybridized carbons (Fsp3) is 0. The Kier molecular flexibility index (Phi) is 2.14. The zero-order valence-electron chi connectivity index (χ0n) is 8.77. The third-order valence-corrected chi connectivity index (χ3v) is 2.64. The van der Waals surface area contributed by atoms with Gasteiger partial charge in [-0.05, 0) is 24.3 Å². The molecule has 1 aromatic carbocycles. The quantitative estimate of drug-likeness (QED) is 0.627. The number of halogens is 2. The van der Waals surface area contributed by atoms with E-state index in [0.29, 0.717) is 11.3 Å². The molecule has 17 heavy (non-hydrogen) atoms. The van der Waals surface area contributed by atoms with Gasteiger partial charge in [-0.15, -0.1) is 0 Å². The summed E-state index contributed by atoms with van der Waals surface area (Å²) in [6.45, 7) is 0. The Hall–Kier alpha value is -2.23. The molecular formula is C13H8F2N2. The molecular weight excluding hydrogens is 222 g/mol. The number of fused-ring (bicyclic) bond motifs is 1. The third kappa shape index (κ3) is 1.49. The lowest BCUT2D eigenvalue weighted by atomic mass is 10.1. The number of benzene rings is 1. The highest BCUT2D eigenvalue weighted by molar-refractivity contribution is 5.64. The van der Waals surface area contributed by atoms with Gasteiger partial charge in [-0.25, -0.2) is 13.8 Å². The Morgan fingerprint density at radius 1 is 1.00 bits per heavy atom. The normalized spacial score (nSPS) is 10.9. The SMILES string of the molecule is Fc1cccc(-c2cnc3ccccn23)c1F. The van der Waals surface area contributed by atoms with Crippen LogP contribution in [0.3, 0.4) is 0 Å². The molecule has 4 heteroatoms. The van der Waals surface area contributed by atoms with E-state index in [1.54, 1.807) is 16.7 Å². The van der Waals surface area contributed by atoms with E-state index < -0.39 is 11.6 Å². The molecule has 0 unspecified atom stereocenters. The maximum Gasteiger partial charge on any atom is 0.168 e. The van der Waals surface area contributed by atoms with Crippen LogP contribution in [0, 0.1) is 11.6 Å². The van der Waals surface area contributed by atoms with Crippen LogP contribution in [0.2, 0.25) is 0 Å². The van der Waals surface area contributed by atoms with E-state index >= 15 is 0 Å². The molecule has 84 valence electrons. The van der Waals surface area contributed by atoms with E-state index in [2.05, 4.69) is 4.98 Å². The molecule has 0 aliphatic carbocycles. The fourth-order valence-electron chi connectivity index (χ4n) is 1.83. The summed E-state index contributed by atoms with van der Waals surface area (Å²) in [5.74, 6) is -1.70. The van der Waals surface area contributed by atoms with Crippen molar-refractivity contribution in [3.8, 4) is 11.3 Å². The third-order valence-electron chi connectivity index (χ3n) is 2.64. The van der Waals surface area contributed by atoms with Crippen molar-refractivity contribution in [3.05, 3.63) is 60.4 Å². The first-order chi connectivity index (χ1) is 8.27. The Bertz CT molecular complexity index is 689. The van der Waals surface area contributed by atoms with E-state index in [1.165, 1.54) is 18.3 Å². The van der Waals surface area contributed by atoms with E-state index in [-0.39, 0.29) is 5.56 Å². The van der Waals surface area contributed by atoms with Crippen molar-refractivity contribution in [1.29, 1.82) is 0 Å². The van der Waals surface area contributed by atoms with Gasteiger partial charge in [0.2, 0.25) is 0 Å². The van der Waals surface area contributed by atoms with E-state index in [1.807, 2.05) is 12.1 Å². The van der Waals surface area contributed by atoms with Crippen molar-refractivity contribution in [2.75, 3.05) is 0 Å². The predicted molar refractivity (Wildman–Crippen MR) is 60.5 cm³/mol. The van der Waals surface area contributed by atoms with Gasteiger partial charge in [0.05, 0.1) is 11.9 Å². The Morgan fingerprint density at radius 3 is 2.76 bits per heavy atom. The van der Waals surface area contributed by atoms with Gasteiger partial charge < -0.3 is 0 Å². The summed E-state index contributed by atoms with van der Waals surface area (Å²) in [6, 6.07) is 9.58. The monoisotopic (exact) mass is 230 g/mol. The van der Waals surface area contributed by atoms with Crippen LogP contribution in [-0.4, -0.2) is 9.38 Å². The van der Waals surface area contributed by atoms with Crippen LogP contribution < -0.4 is 0 Å². The van der Waals surface area contributed by atoms with Gasteiger partial charge in [0.15, 0.2) is 11.6 Å². The maximum atomic E-state index is 13.7. The molecule has 3 rings (SSSR count). The van der Waals surface area contributed by atoms with Crippen molar-refractivity contribution in [2.45, 2.75) is 0 Å². The molecule has 3 aromatic rings. The standard InChI is InChI=1S/C13H8F2N2/c14-10-5-3-4-9(13(10)15)11-8-16-12-6-1-2-7-17(11)12/h1-8H. The number of hydrogen-bond donors (Lipinski definition) is 0. The minimum absolute atomic E-state index is 0.212. The first-order valence-corrected chi connectivity index (χ1v) is 5.14. The number of hydrogen-bond acceptors (Lipinski definition) is 1. The second-order valence-electron chi connectivity index (χ2n) is 3.67. The highest BCUT2D eigenvalue weighted by atomic mass is 19.2. The Morgan fingerprint density at radius 2 is 1.88 bits per heavy atom. The number of rotatable bonds is 1. The van der Waals surface area contributed by atoms with Gasteiger partial charge in [0.1, 0.15) is 5.65 Å². The van der Waals surface area contributed by atoms with Gasteiger partial charge in [-0.1, -0.05) is 12.1 Å². The molecule has 0 N–H and O–H groups in total. The largest absolute Gasteiger partial charge is 0.300 e. The summed E-state index contributed by atoms with van der Waals surface area (Å²) in [5.41, 5.74) is 1.45. The Balaban J connectivity index is 2.31. The molecule has 0 spiro atoms. The molecule has 0 bridgehead atoms. The molecule has 0 aliphatic heterocycles. The number of pyridine rings is 1. The summed E-state index contributed by atoms with van der Waals surface area (Å²) in [7, 11) is 0. The van der Waals surface area contributed by atoms with Gasteiger partial charge in [-0.2, -0.15) is 0 Å². The molecule has 0 amide bonds. The van der Waals surface area contributed by atoms with Crippen molar-refractivity contribution in [1.82, 2.24) is 9.38 Å². The first kappa shape index (κ1) is 9.96. The zero-order valence-corrected chi connectivity index (χ0v) is 8.77. The Labute approximate surface area is 96.2 Å². The summed E-state index contributed by atoms with van der Waals surface area (Å²) in [6.07, 6.45) is 3.30. The molecule has 0 aliphatic rings. The van der Waals surface area contributed by atoms with Crippen LogP contribution in [0.25, 0.3) is 16.9 Å². The van der Waals surface area contributed by atoms with E-state index in [0.717, 1.165) is 6.07 Å². The molecule has 0 atom stereocenters. The van der Waals surface area contributed by atoms with E-state index in [4.69, 9.17) is 0 Å². The average Bonchev–Trinajstić information content (AvgIpc) is 2.77. The van der Waals surface area contributed by atoms with E-state index in [9.17, 15) is 8.78 Å². The lowest BCUT2D eigenvalue weighted by molar-refractivity contribution is 0.511. The fourth-order valence-corrected chi connectivity index (χ4v) is 1.83. The summed E-state index contributed by atoms with van der Waals surface area (Å²) >= 11 is 0. The minimum Gasteiger partial charge on any atom is -0.300 e. The molecule has 2 aromatic heterocycles.